The van der Waals surface area contributed by atoms with Gasteiger partial charge in [-0.05, 0) is 82.9 Å². The van der Waals surface area contributed by atoms with E-state index in [1.54, 1.807) is 40.7 Å². The number of fused-ring (bicyclic) bond motifs is 1. The lowest BCUT2D eigenvalue weighted by Gasteiger charge is -2.32. The van der Waals surface area contributed by atoms with E-state index in [-0.39, 0.29) is 34.7 Å². The highest BCUT2D eigenvalue weighted by Gasteiger charge is 2.29. The topological polar surface area (TPSA) is 154 Å². The van der Waals surface area contributed by atoms with E-state index in [1.165, 1.54) is 29.4 Å². The third-order valence-electron chi connectivity index (χ3n) is 8.59. The maximum Gasteiger partial charge on any atom is 0.410 e. The fourth-order valence-electron chi connectivity index (χ4n) is 5.89. The third-order valence-corrected chi connectivity index (χ3v) is 8.59. The van der Waals surface area contributed by atoms with Gasteiger partial charge in [-0.3, -0.25) is 14.0 Å². The van der Waals surface area contributed by atoms with Crippen molar-refractivity contribution < 1.29 is 32.6 Å². The summed E-state index contributed by atoms with van der Waals surface area (Å²) in [6.45, 7) is 8.64. The second-order valence-corrected chi connectivity index (χ2v) is 13.6. The Morgan fingerprint density at radius 3 is 2.54 bits per heavy atom. The van der Waals surface area contributed by atoms with Crippen molar-refractivity contribution in [2.45, 2.75) is 52.6 Å². The molecule has 2 aromatic heterocycles. The molecule has 52 heavy (non-hydrogen) atoms. The second kappa shape index (κ2) is 16.1. The number of piperidine rings is 1. The van der Waals surface area contributed by atoms with Crippen LogP contribution in [0.4, 0.5) is 25.1 Å². The molecule has 1 aliphatic rings. The predicted octanol–water partition coefficient (Wildman–Crippen LogP) is 5.85. The molecule has 0 atom stereocenters. The molecule has 0 unspecified atom stereocenters. The van der Waals surface area contributed by atoms with Gasteiger partial charge < -0.3 is 29.9 Å². The first-order valence-corrected chi connectivity index (χ1v) is 17.0. The van der Waals surface area contributed by atoms with E-state index in [4.69, 9.17) is 14.7 Å². The average Bonchev–Trinajstić information content (AvgIpc) is 3.54. The van der Waals surface area contributed by atoms with Gasteiger partial charge >= 0.3 is 6.09 Å². The summed E-state index contributed by atoms with van der Waals surface area (Å²) < 4.78 is 41.5. The Hall–Kier alpha value is -5.78. The van der Waals surface area contributed by atoms with Gasteiger partial charge in [0.15, 0.2) is 29.6 Å². The maximum atomic E-state index is 15.0. The van der Waals surface area contributed by atoms with Crippen molar-refractivity contribution in [2.24, 2.45) is 5.92 Å². The van der Waals surface area contributed by atoms with Crippen LogP contribution in [0.15, 0.2) is 48.9 Å². The van der Waals surface area contributed by atoms with Gasteiger partial charge in [0.2, 0.25) is 11.7 Å². The third kappa shape index (κ3) is 8.74. The number of rotatable bonds is 11. The van der Waals surface area contributed by atoms with Crippen molar-refractivity contribution >= 4 is 35.1 Å². The number of nitrogens with zero attached hydrogens (tertiary/aromatic N) is 6. The number of hydrogen-bond donors (Lipinski definition) is 2. The Labute approximate surface area is 300 Å². The molecule has 274 valence electrons. The number of carbonyl (C=O) groups is 3. The summed E-state index contributed by atoms with van der Waals surface area (Å²) >= 11 is 0. The fourth-order valence-corrected chi connectivity index (χ4v) is 5.89. The van der Waals surface area contributed by atoms with Gasteiger partial charge in [0, 0.05) is 68.4 Å². The Bertz CT molecular complexity index is 2000. The molecule has 0 spiro atoms. The highest BCUT2D eigenvalue weighted by molar-refractivity contribution is 5.96. The highest BCUT2D eigenvalue weighted by atomic mass is 19.2. The van der Waals surface area contributed by atoms with Crippen molar-refractivity contribution in [3.05, 3.63) is 71.7 Å². The summed E-state index contributed by atoms with van der Waals surface area (Å²) in [6.07, 6.45) is 5.77. The average molecular weight is 717 g/mol. The predicted molar refractivity (Wildman–Crippen MR) is 189 cm³/mol. The molecule has 0 saturated carbocycles. The number of anilines is 2. The molecule has 2 aromatic carbocycles. The molecule has 15 heteroatoms. The minimum Gasteiger partial charge on any atom is -0.476 e. The number of benzene rings is 2. The minimum atomic E-state index is -1.20. The smallest absolute Gasteiger partial charge is 0.410 e. The van der Waals surface area contributed by atoms with Gasteiger partial charge in [-0.1, -0.05) is 0 Å². The molecule has 1 saturated heterocycles. The van der Waals surface area contributed by atoms with E-state index in [2.05, 4.69) is 20.6 Å². The van der Waals surface area contributed by atoms with Crippen LogP contribution in [0.25, 0.3) is 16.9 Å². The first-order valence-electron chi connectivity index (χ1n) is 17.0. The molecule has 0 radical (unpaired) electrons. The summed E-state index contributed by atoms with van der Waals surface area (Å²) in [4.78, 5) is 50.4. The number of nitriles is 1. The highest BCUT2D eigenvalue weighted by Crippen LogP contribution is 2.32. The summed E-state index contributed by atoms with van der Waals surface area (Å²) in [6, 6.07) is 9.64. The first-order chi connectivity index (χ1) is 24.8. The Morgan fingerprint density at radius 1 is 1.10 bits per heavy atom. The summed E-state index contributed by atoms with van der Waals surface area (Å²) in [5, 5.41) is 14.8. The van der Waals surface area contributed by atoms with Crippen LogP contribution >= 0.6 is 0 Å². The number of halogens is 2. The molecular weight excluding hydrogens is 674 g/mol. The molecular formula is C37H42F2N8O5. The zero-order valence-corrected chi connectivity index (χ0v) is 29.8. The quantitative estimate of drug-likeness (QED) is 0.182. The molecule has 2 N–H and O–H groups in total. The van der Waals surface area contributed by atoms with Crippen LogP contribution in [-0.4, -0.2) is 87.5 Å². The lowest BCUT2D eigenvalue weighted by Crippen LogP contribution is -2.43. The van der Waals surface area contributed by atoms with Gasteiger partial charge in [-0.2, -0.15) is 9.65 Å². The van der Waals surface area contributed by atoms with E-state index in [0.29, 0.717) is 68.2 Å². The van der Waals surface area contributed by atoms with Crippen LogP contribution < -0.4 is 15.4 Å². The van der Waals surface area contributed by atoms with E-state index in [0.717, 1.165) is 5.56 Å². The van der Waals surface area contributed by atoms with Crippen LogP contribution in [0, 0.1) is 35.8 Å². The summed E-state index contributed by atoms with van der Waals surface area (Å²) in [5.41, 5.74) is 1.94. The monoisotopic (exact) mass is 716 g/mol. The Balaban J connectivity index is 1.16. The minimum absolute atomic E-state index is 0.0463. The molecule has 0 bridgehead atoms. The lowest BCUT2D eigenvalue weighted by molar-refractivity contribution is -0.126. The normalized spacial score (nSPS) is 13.4. The molecule has 1 fully saturated rings. The first kappa shape index (κ1) is 37.5. The molecule has 1 aliphatic heterocycles. The number of amides is 3. The van der Waals surface area contributed by atoms with Gasteiger partial charge in [0.25, 0.3) is 5.91 Å². The largest absolute Gasteiger partial charge is 0.476 e. The molecule has 4 aromatic rings. The molecule has 13 nitrogen and oxygen atoms in total. The van der Waals surface area contributed by atoms with Crippen molar-refractivity contribution in [2.75, 3.05) is 45.2 Å². The van der Waals surface area contributed by atoms with Gasteiger partial charge in [0.05, 0.1) is 11.9 Å². The molecule has 5 rings (SSSR count). The number of nitrogens with one attached hydrogen (secondary N) is 2. The standard InChI is InChI=1S/C37H42F2N8O5/c1-23-21-25(44-32-33-43-22-28(47(33)19-15-41-32)27-9-10-29(51-20-13-40)31(39)30(27)38)7-8-26(23)35(49)46-17-11-24(12-18-46)34(48)42-14-6-16-45(5)36(50)52-37(2,3)4/h7-10,15,19,21-22,24H,6,11-12,14,16-18,20H2,1-5H3,(H,41,44)(H,42,48). The number of carbonyl (C=O) groups excluding carboxylic acids is 3. The van der Waals surface area contributed by atoms with Crippen LogP contribution in [0.3, 0.4) is 0 Å². The molecule has 3 amide bonds. The van der Waals surface area contributed by atoms with E-state index >= 15 is 4.39 Å². The second-order valence-electron chi connectivity index (χ2n) is 13.6. The van der Waals surface area contributed by atoms with E-state index in [1.807, 2.05) is 33.8 Å². The Morgan fingerprint density at radius 2 is 1.85 bits per heavy atom. The maximum absolute atomic E-state index is 15.0. The lowest BCUT2D eigenvalue weighted by atomic mass is 9.95. The van der Waals surface area contributed by atoms with Crippen molar-refractivity contribution in [1.82, 2.24) is 29.5 Å². The Kier molecular flexibility index (Phi) is 11.6. The number of aryl methyl sites for hydroxylation is 1. The van der Waals surface area contributed by atoms with E-state index < -0.39 is 29.9 Å². The van der Waals surface area contributed by atoms with Gasteiger partial charge in [0.1, 0.15) is 11.7 Å². The van der Waals surface area contributed by atoms with Crippen molar-refractivity contribution in [1.29, 1.82) is 5.26 Å². The fraction of sp³-hybridized carbons (Fsp3) is 0.405. The molecule has 3 heterocycles. The number of ether oxygens (including phenoxy) is 2. The number of likely N-dealkylation sites (tertiary alicyclic amines) is 1. The van der Waals surface area contributed by atoms with Crippen LogP contribution in [-0.2, 0) is 9.53 Å². The van der Waals surface area contributed by atoms with Gasteiger partial charge in [-0.25, -0.2) is 19.2 Å². The number of imidazole rings is 1. The zero-order chi connectivity index (χ0) is 37.6. The van der Waals surface area contributed by atoms with Crippen molar-refractivity contribution in [3.8, 4) is 23.1 Å². The number of aromatic nitrogens is 3. The SMILES string of the molecule is Cc1cc(Nc2nccn3c(-c4ccc(OCC#N)c(F)c4F)cnc23)ccc1C(=O)N1CCC(C(=O)NCCCN(C)C(=O)OC(C)(C)C)CC1. The van der Waals surface area contributed by atoms with Crippen molar-refractivity contribution in [3.63, 3.8) is 0 Å². The molecule has 0 aliphatic carbocycles. The van der Waals surface area contributed by atoms with Crippen LogP contribution in [0.2, 0.25) is 0 Å². The number of hydrogen-bond acceptors (Lipinski definition) is 9. The van der Waals surface area contributed by atoms with Crippen LogP contribution in [0.5, 0.6) is 5.75 Å². The summed E-state index contributed by atoms with van der Waals surface area (Å²) in [5.74, 6) is -2.71. The van der Waals surface area contributed by atoms with Gasteiger partial charge in [-0.15, -0.1) is 0 Å². The van der Waals surface area contributed by atoms with E-state index in [9.17, 15) is 18.8 Å². The summed E-state index contributed by atoms with van der Waals surface area (Å²) in [7, 11) is 1.66. The van der Waals surface area contributed by atoms with Crippen LogP contribution in [0.1, 0.15) is 56.0 Å². The zero-order valence-electron chi connectivity index (χ0n) is 29.8.